The standard InChI is InChI=1S/C10H14O6/c1-5(11)3-8(10(15)16)7(6(2)12)4-9(13)14/h7-8H,3-4H2,1-2H3,(H,13,14)(H,15,16). The second-order valence-electron chi connectivity index (χ2n) is 3.67. The highest BCUT2D eigenvalue weighted by molar-refractivity contribution is 5.90. The van der Waals surface area contributed by atoms with Gasteiger partial charge in [0.2, 0.25) is 0 Å². The average molecular weight is 230 g/mol. The number of hydrogen-bond donors (Lipinski definition) is 2. The molecule has 0 saturated heterocycles. The summed E-state index contributed by atoms with van der Waals surface area (Å²) in [7, 11) is 0. The average Bonchev–Trinajstić information content (AvgIpc) is 2.09. The van der Waals surface area contributed by atoms with Crippen LogP contribution in [0.4, 0.5) is 0 Å². The van der Waals surface area contributed by atoms with Crippen molar-refractivity contribution in [3.63, 3.8) is 0 Å². The van der Waals surface area contributed by atoms with Gasteiger partial charge >= 0.3 is 11.9 Å². The Hall–Kier alpha value is -1.72. The molecule has 0 aliphatic rings. The summed E-state index contributed by atoms with van der Waals surface area (Å²) in [5.74, 6) is -5.91. The van der Waals surface area contributed by atoms with Gasteiger partial charge in [-0.25, -0.2) is 0 Å². The number of carboxylic acid groups (broad SMARTS) is 2. The minimum atomic E-state index is -1.32. The van der Waals surface area contributed by atoms with Crippen molar-refractivity contribution in [1.82, 2.24) is 0 Å². The van der Waals surface area contributed by atoms with Gasteiger partial charge in [-0.1, -0.05) is 0 Å². The minimum Gasteiger partial charge on any atom is -0.481 e. The zero-order valence-corrected chi connectivity index (χ0v) is 9.10. The van der Waals surface area contributed by atoms with Crippen LogP contribution in [0.25, 0.3) is 0 Å². The van der Waals surface area contributed by atoms with E-state index in [0.29, 0.717) is 0 Å². The van der Waals surface area contributed by atoms with E-state index in [1.165, 1.54) is 6.92 Å². The van der Waals surface area contributed by atoms with E-state index in [9.17, 15) is 19.2 Å². The summed E-state index contributed by atoms with van der Waals surface area (Å²) in [5.41, 5.74) is 0. The molecule has 2 unspecified atom stereocenters. The summed E-state index contributed by atoms with van der Waals surface area (Å²) >= 11 is 0. The normalized spacial score (nSPS) is 13.9. The molecule has 2 atom stereocenters. The van der Waals surface area contributed by atoms with E-state index < -0.39 is 36.0 Å². The fourth-order valence-corrected chi connectivity index (χ4v) is 1.47. The third kappa shape index (κ3) is 4.68. The fourth-order valence-electron chi connectivity index (χ4n) is 1.47. The van der Waals surface area contributed by atoms with Crippen LogP contribution in [0.15, 0.2) is 0 Å². The third-order valence-corrected chi connectivity index (χ3v) is 2.23. The van der Waals surface area contributed by atoms with Crippen molar-refractivity contribution < 1.29 is 29.4 Å². The summed E-state index contributed by atoms with van der Waals surface area (Å²) < 4.78 is 0. The van der Waals surface area contributed by atoms with E-state index in [1.807, 2.05) is 0 Å². The molecule has 0 aromatic heterocycles. The van der Waals surface area contributed by atoms with Gasteiger partial charge in [-0.15, -0.1) is 0 Å². The second kappa shape index (κ2) is 5.99. The van der Waals surface area contributed by atoms with Gasteiger partial charge in [0.25, 0.3) is 0 Å². The molecule has 0 radical (unpaired) electrons. The van der Waals surface area contributed by atoms with Crippen LogP contribution >= 0.6 is 0 Å². The number of rotatable bonds is 7. The molecular formula is C10H14O6. The second-order valence-corrected chi connectivity index (χ2v) is 3.67. The molecule has 0 heterocycles. The van der Waals surface area contributed by atoms with Crippen LogP contribution in [-0.4, -0.2) is 33.7 Å². The number of carboxylic acids is 2. The highest BCUT2D eigenvalue weighted by atomic mass is 16.4. The smallest absolute Gasteiger partial charge is 0.307 e. The molecule has 0 rings (SSSR count). The fraction of sp³-hybridized carbons (Fsp3) is 0.600. The van der Waals surface area contributed by atoms with Crippen LogP contribution in [-0.2, 0) is 19.2 Å². The Bertz CT molecular complexity index is 287. The minimum absolute atomic E-state index is 0.327. The molecule has 0 fully saturated rings. The summed E-state index contributed by atoms with van der Waals surface area (Å²) in [6.07, 6.45) is -0.896. The zero-order valence-electron chi connectivity index (χ0n) is 9.10. The predicted molar refractivity (Wildman–Crippen MR) is 52.8 cm³/mol. The van der Waals surface area contributed by atoms with Crippen molar-refractivity contribution in [2.45, 2.75) is 26.7 Å². The Kier molecular flexibility index (Phi) is 5.35. The number of hydrogen-bond acceptors (Lipinski definition) is 4. The first-order valence-corrected chi connectivity index (χ1v) is 4.70. The van der Waals surface area contributed by atoms with Gasteiger partial charge in [-0.05, 0) is 13.8 Å². The quantitative estimate of drug-likeness (QED) is 0.653. The maximum Gasteiger partial charge on any atom is 0.307 e. The topological polar surface area (TPSA) is 109 Å². The number of ketones is 2. The Morgan fingerprint density at radius 1 is 0.938 bits per heavy atom. The molecule has 0 spiro atoms. The molecular weight excluding hydrogens is 216 g/mol. The van der Waals surface area contributed by atoms with Crippen molar-refractivity contribution in [1.29, 1.82) is 0 Å². The van der Waals surface area contributed by atoms with Gasteiger partial charge in [-0.3, -0.25) is 14.4 Å². The first-order valence-electron chi connectivity index (χ1n) is 4.70. The Labute approximate surface area is 92.3 Å². The van der Waals surface area contributed by atoms with Crippen LogP contribution in [0.5, 0.6) is 0 Å². The first-order chi connectivity index (χ1) is 7.25. The highest BCUT2D eigenvalue weighted by Crippen LogP contribution is 2.21. The number of aliphatic carboxylic acids is 2. The molecule has 0 saturated carbocycles. The number of carbonyl (C=O) groups excluding carboxylic acids is 2. The Balaban J connectivity index is 4.93. The molecule has 90 valence electrons. The maximum atomic E-state index is 11.2. The summed E-state index contributed by atoms with van der Waals surface area (Å²) in [6.45, 7) is 2.33. The maximum absolute atomic E-state index is 11.2. The highest BCUT2D eigenvalue weighted by Gasteiger charge is 2.34. The number of carbonyl (C=O) groups is 4. The van der Waals surface area contributed by atoms with Crippen LogP contribution in [0, 0.1) is 11.8 Å². The largest absolute Gasteiger partial charge is 0.481 e. The molecule has 6 heteroatoms. The molecule has 0 aromatic rings. The molecule has 6 nitrogen and oxygen atoms in total. The summed E-state index contributed by atoms with van der Waals surface area (Å²) in [5, 5.41) is 17.4. The lowest BCUT2D eigenvalue weighted by Gasteiger charge is -2.18. The van der Waals surface area contributed by atoms with Crippen LogP contribution in [0.1, 0.15) is 26.7 Å². The van der Waals surface area contributed by atoms with E-state index in [0.717, 1.165) is 6.92 Å². The lowest BCUT2D eigenvalue weighted by Crippen LogP contribution is -2.32. The predicted octanol–water partition coefficient (Wildman–Crippen LogP) is 0.346. The molecule has 0 aromatic carbocycles. The van der Waals surface area contributed by atoms with E-state index in [4.69, 9.17) is 10.2 Å². The molecule has 0 bridgehead atoms. The molecule has 0 amide bonds. The monoisotopic (exact) mass is 230 g/mol. The third-order valence-electron chi connectivity index (χ3n) is 2.23. The van der Waals surface area contributed by atoms with Crippen molar-refractivity contribution in [3.05, 3.63) is 0 Å². The number of Topliss-reactive ketones (excluding diaryl/α,β-unsaturated/α-hetero) is 2. The van der Waals surface area contributed by atoms with Crippen LogP contribution < -0.4 is 0 Å². The SMILES string of the molecule is CC(=O)CC(C(=O)O)C(CC(=O)O)C(C)=O. The van der Waals surface area contributed by atoms with Gasteiger partial charge in [-0.2, -0.15) is 0 Å². The molecule has 16 heavy (non-hydrogen) atoms. The van der Waals surface area contributed by atoms with Crippen LogP contribution in [0.2, 0.25) is 0 Å². The van der Waals surface area contributed by atoms with Crippen molar-refractivity contribution in [2.75, 3.05) is 0 Å². The van der Waals surface area contributed by atoms with Crippen molar-refractivity contribution in [3.8, 4) is 0 Å². The van der Waals surface area contributed by atoms with E-state index in [2.05, 4.69) is 0 Å². The first kappa shape index (κ1) is 14.3. The van der Waals surface area contributed by atoms with Gasteiger partial charge in [0, 0.05) is 12.3 Å². The Morgan fingerprint density at radius 2 is 1.44 bits per heavy atom. The van der Waals surface area contributed by atoms with Crippen molar-refractivity contribution >= 4 is 23.5 Å². The van der Waals surface area contributed by atoms with E-state index >= 15 is 0 Å². The lowest BCUT2D eigenvalue weighted by atomic mass is 9.83. The van der Waals surface area contributed by atoms with E-state index in [-0.39, 0.29) is 12.2 Å². The summed E-state index contributed by atoms with van der Waals surface area (Å²) in [6, 6.07) is 0. The van der Waals surface area contributed by atoms with Gasteiger partial charge in [0.05, 0.1) is 12.3 Å². The lowest BCUT2D eigenvalue weighted by molar-refractivity contribution is -0.150. The van der Waals surface area contributed by atoms with Gasteiger partial charge in [0.15, 0.2) is 0 Å². The van der Waals surface area contributed by atoms with Crippen LogP contribution in [0.3, 0.4) is 0 Å². The molecule has 2 N–H and O–H groups in total. The van der Waals surface area contributed by atoms with E-state index in [1.54, 1.807) is 0 Å². The molecule has 0 aliphatic heterocycles. The van der Waals surface area contributed by atoms with Gasteiger partial charge < -0.3 is 15.0 Å². The summed E-state index contributed by atoms with van der Waals surface area (Å²) in [4.78, 5) is 43.4. The van der Waals surface area contributed by atoms with Gasteiger partial charge in [0.1, 0.15) is 11.6 Å². The Morgan fingerprint density at radius 3 is 1.69 bits per heavy atom. The van der Waals surface area contributed by atoms with Crippen molar-refractivity contribution in [2.24, 2.45) is 11.8 Å². The molecule has 0 aliphatic carbocycles. The zero-order chi connectivity index (χ0) is 12.9.